The highest BCUT2D eigenvalue weighted by atomic mass is 35.5. The van der Waals surface area contributed by atoms with Crippen molar-refractivity contribution in [2.24, 2.45) is 0 Å². The van der Waals surface area contributed by atoms with E-state index in [0.717, 1.165) is 5.56 Å². The fraction of sp³-hybridized carbons (Fsp3) is 0.185. The number of benzene rings is 3. The molecule has 3 aromatic rings. The van der Waals surface area contributed by atoms with E-state index in [1.54, 1.807) is 67.6 Å². The Morgan fingerprint density at radius 1 is 1.06 bits per heavy atom. The van der Waals surface area contributed by atoms with E-state index in [1.807, 2.05) is 6.92 Å². The minimum Gasteiger partial charge on any atom is -0.507 e. The van der Waals surface area contributed by atoms with Gasteiger partial charge in [-0.25, -0.2) is 0 Å². The first-order valence-corrected chi connectivity index (χ1v) is 11.7. The average molecular weight is 512 g/mol. The Labute approximate surface area is 213 Å². The van der Waals surface area contributed by atoms with E-state index < -0.39 is 17.7 Å². The van der Waals surface area contributed by atoms with Gasteiger partial charge in [-0.05, 0) is 67.4 Å². The minimum atomic E-state index is -0.946. The molecule has 180 valence electrons. The molecule has 3 aromatic carbocycles. The van der Waals surface area contributed by atoms with Gasteiger partial charge in [-0.2, -0.15) is 0 Å². The van der Waals surface area contributed by atoms with Crippen molar-refractivity contribution in [1.29, 1.82) is 0 Å². The lowest BCUT2D eigenvalue weighted by Crippen LogP contribution is -2.29. The highest BCUT2D eigenvalue weighted by Crippen LogP contribution is 2.45. The molecule has 6 nitrogen and oxygen atoms in total. The molecular weight excluding hydrogens is 489 g/mol. The van der Waals surface area contributed by atoms with Crippen LogP contribution in [0.15, 0.2) is 66.2 Å². The number of ether oxygens (including phenoxy) is 2. The fourth-order valence-electron chi connectivity index (χ4n) is 4.24. The van der Waals surface area contributed by atoms with Gasteiger partial charge in [-0.3, -0.25) is 14.5 Å². The standard InChI is InChI=1S/C27H23Cl2NO5/c1-4-35-19-10-5-7-16(13-19)23-22(24(31)20-11-15(2)12-21(29)26(20)34-3)25(32)27(33)30(23)18-9-6-8-17(28)14-18/h5-14,23,31H,4H2,1-3H3/b24-22+. The van der Waals surface area contributed by atoms with Crippen molar-refractivity contribution in [3.05, 3.63) is 93.0 Å². The summed E-state index contributed by atoms with van der Waals surface area (Å²) in [5.41, 5.74) is 1.86. The monoisotopic (exact) mass is 511 g/mol. The van der Waals surface area contributed by atoms with Crippen molar-refractivity contribution < 1.29 is 24.2 Å². The molecule has 8 heteroatoms. The number of amides is 1. The predicted octanol–water partition coefficient (Wildman–Crippen LogP) is 6.34. The van der Waals surface area contributed by atoms with Gasteiger partial charge >= 0.3 is 0 Å². The summed E-state index contributed by atoms with van der Waals surface area (Å²) in [5.74, 6) is -1.25. The quantitative estimate of drug-likeness (QED) is 0.237. The molecule has 1 unspecified atom stereocenters. The number of Topliss-reactive ketones (excluding diaryl/α,β-unsaturated/α-hetero) is 1. The number of anilines is 1. The number of hydrogen-bond donors (Lipinski definition) is 1. The molecular formula is C27H23Cl2NO5. The maximum Gasteiger partial charge on any atom is 0.300 e. The van der Waals surface area contributed by atoms with Gasteiger partial charge in [0.25, 0.3) is 11.7 Å². The zero-order chi connectivity index (χ0) is 25.3. The molecule has 1 aliphatic heterocycles. The van der Waals surface area contributed by atoms with Crippen LogP contribution >= 0.6 is 23.2 Å². The molecule has 0 aromatic heterocycles. The highest BCUT2D eigenvalue weighted by Gasteiger charge is 2.47. The maximum atomic E-state index is 13.4. The Morgan fingerprint density at radius 2 is 1.80 bits per heavy atom. The SMILES string of the molecule is CCOc1cccc(C2/C(=C(\O)c3cc(C)cc(Cl)c3OC)C(=O)C(=O)N2c2cccc(Cl)c2)c1. The average Bonchev–Trinajstić information content (AvgIpc) is 3.09. The highest BCUT2D eigenvalue weighted by molar-refractivity contribution is 6.52. The second kappa shape index (κ2) is 10.0. The van der Waals surface area contributed by atoms with Gasteiger partial charge in [0, 0.05) is 10.7 Å². The lowest BCUT2D eigenvalue weighted by Gasteiger charge is -2.26. The molecule has 0 aliphatic carbocycles. The number of aryl methyl sites for hydroxylation is 1. The topological polar surface area (TPSA) is 76.1 Å². The molecule has 1 heterocycles. The molecule has 1 atom stereocenters. The van der Waals surface area contributed by atoms with E-state index in [1.165, 1.54) is 12.0 Å². The number of halogens is 2. The third kappa shape index (κ3) is 4.59. The number of methoxy groups -OCH3 is 1. The zero-order valence-electron chi connectivity index (χ0n) is 19.3. The summed E-state index contributed by atoms with van der Waals surface area (Å²) >= 11 is 12.6. The number of rotatable bonds is 6. The lowest BCUT2D eigenvalue weighted by molar-refractivity contribution is -0.132. The summed E-state index contributed by atoms with van der Waals surface area (Å²) in [6.07, 6.45) is 0. The van der Waals surface area contributed by atoms with Crippen LogP contribution in [0.5, 0.6) is 11.5 Å². The molecule has 4 rings (SSSR count). The molecule has 1 amide bonds. The van der Waals surface area contributed by atoms with Crippen molar-refractivity contribution in [1.82, 2.24) is 0 Å². The molecule has 35 heavy (non-hydrogen) atoms. The van der Waals surface area contributed by atoms with Crippen LogP contribution in [0.3, 0.4) is 0 Å². The van der Waals surface area contributed by atoms with Crippen LogP contribution in [0, 0.1) is 6.92 Å². The van der Waals surface area contributed by atoms with E-state index >= 15 is 0 Å². The van der Waals surface area contributed by atoms with Crippen molar-refractivity contribution in [2.75, 3.05) is 18.6 Å². The molecule has 1 N–H and O–H groups in total. The molecule has 1 aliphatic rings. The van der Waals surface area contributed by atoms with Crippen LogP contribution in [0.25, 0.3) is 5.76 Å². The van der Waals surface area contributed by atoms with Crippen molar-refractivity contribution in [3.63, 3.8) is 0 Å². The third-order valence-electron chi connectivity index (χ3n) is 5.66. The van der Waals surface area contributed by atoms with Gasteiger partial charge in [0.1, 0.15) is 17.3 Å². The second-order valence-electron chi connectivity index (χ2n) is 7.98. The summed E-state index contributed by atoms with van der Waals surface area (Å²) in [7, 11) is 1.42. The van der Waals surface area contributed by atoms with E-state index in [0.29, 0.717) is 28.6 Å². The molecule has 0 saturated carbocycles. The molecule has 0 radical (unpaired) electrons. The van der Waals surface area contributed by atoms with E-state index in [9.17, 15) is 14.7 Å². The lowest BCUT2D eigenvalue weighted by atomic mass is 9.94. The van der Waals surface area contributed by atoms with Crippen LogP contribution in [0.4, 0.5) is 5.69 Å². The van der Waals surface area contributed by atoms with Gasteiger partial charge < -0.3 is 14.6 Å². The first-order valence-electron chi connectivity index (χ1n) is 10.9. The van der Waals surface area contributed by atoms with Crippen molar-refractivity contribution >= 4 is 46.3 Å². The van der Waals surface area contributed by atoms with Gasteiger partial charge in [0.05, 0.1) is 35.9 Å². The number of carbonyl (C=O) groups excluding carboxylic acids is 2. The smallest absolute Gasteiger partial charge is 0.300 e. The summed E-state index contributed by atoms with van der Waals surface area (Å²) in [5, 5.41) is 12.1. The molecule has 0 spiro atoms. The van der Waals surface area contributed by atoms with Crippen LogP contribution < -0.4 is 14.4 Å². The van der Waals surface area contributed by atoms with Crippen LogP contribution in [-0.2, 0) is 9.59 Å². The van der Waals surface area contributed by atoms with Crippen LogP contribution in [0.1, 0.15) is 29.7 Å². The Morgan fingerprint density at radius 3 is 2.49 bits per heavy atom. The van der Waals surface area contributed by atoms with Gasteiger partial charge in [0.15, 0.2) is 0 Å². The summed E-state index contributed by atoms with van der Waals surface area (Å²) in [6, 6.07) is 16.1. The Bertz CT molecular complexity index is 1350. The van der Waals surface area contributed by atoms with Gasteiger partial charge in [-0.1, -0.05) is 41.4 Å². The van der Waals surface area contributed by atoms with Gasteiger partial charge in [-0.15, -0.1) is 0 Å². The van der Waals surface area contributed by atoms with Crippen LogP contribution in [0.2, 0.25) is 10.0 Å². The normalized spacial score (nSPS) is 17.1. The van der Waals surface area contributed by atoms with Gasteiger partial charge in [0.2, 0.25) is 0 Å². The molecule has 1 fully saturated rings. The first kappa shape index (κ1) is 24.6. The maximum absolute atomic E-state index is 13.4. The van der Waals surface area contributed by atoms with Crippen molar-refractivity contribution in [3.8, 4) is 11.5 Å². The van der Waals surface area contributed by atoms with Crippen LogP contribution in [-0.4, -0.2) is 30.5 Å². The number of aliphatic hydroxyl groups is 1. The number of carbonyl (C=O) groups is 2. The van der Waals surface area contributed by atoms with E-state index in [4.69, 9.17) is 32.7 Å². The third-order valence-corrected chi connectivity index (χ3v) is 6.18. The Kier molecular flexibility index (Phi) is 7.05. The summed E-state index contributed by atoms with van der Waals surface area (Å²) < 4.78 is 11.1. The number of nitrogens with zero attached hydrogens (tertiary/aromatic N) is 1. The Balaban J connectivity index is 2.01. The molecule has 1 saturated heterocycles. The summed E-state index contributed by atoms with van der Waals surface area (Å²) in [6.45, 7) is 4.10. The fourth-order valence-corrected chi connectivity index (χ4v) is 4.77. The number of hydrogen-bond acceptors (Lipinski definition) is 5. The Hall–Kier alpha value is -3.48. The van der Waals surface area contributed by atoms with E-state index in [-0.39, 0.29) is 27.7 Å². The predicted molar refractivity (Wildman–Crippen MR) is 137 cm³/mol. The minimum absolute atomic E-state index is 0.0939. The number of ketones is 1. The summed E-state index contributed by atoms with van der Waals surface area (Å²) in [4.78, 5) is 28.1. The zero-order valence-corrected chi connectivity index (χ0v) is 20.9. The number of aliphatic hydroxyl groups excluding tert-OH is 1. The second-order valence-corrected chi connectivity index (χ2v) is 8.83. The largest absolute Gasteiger partial charge is 0.507 e. The first-order chi connectivity index (χ1) is 16.8. The van der Waals surface area contributed by atoms with Crippen molar-refractivity contribution in [2.45, 2.75) is 19.9 Å². The molecule has 0 bridgehead atoms. The van der Waals surface area contributed by atoms with E-state index in [2.05, 4.69) is 0 Å².